The average Bonchev–Trinajstić information content (AvgIpc) is 3.37. The van der Waals surface area contributed by atoms with Gasteiger partial charge in [0.05, 0.1) is 12.3 Å². The zero-order chi connectivity index (χ0) is 23.9. The fraction of sp³-hybridized carbons (Fsp3) is 0.103. The highest BCUT2D eigenvalue weighted by atomic mass is 16.3. The molecule has 1 aromatic heterocycles. The highest BCUT2D eigenvalue weighted by Gasteiger charge is 2.22. The van der Waals surface area contributed by atoms with Crippen LogP contribution in [0.2, 0.25) is 0 Å². The number of furan rings is 1. The van der Waals surface area contributed by atoms with E-state index in [1.807, 2.05) is 62.4 Å². The molecule has 4 aromatic rings. The van der Waals surface area contributed by atoms with Crippen molar-refractivity contribution in [3.05, 3.63) is 137 Å². The maximum absolute atomic E-state index is 13.5. The molecule has 1 atom stereocenters. The van der Waals surface area contributed by atoms with Crippen LogP contribution in [-0.4, -0.2) is 11.8 Å². The van der Waals surface area contributed by atoms with Gasteiger partial charge in [0.2, 0.25) is 0 Å². The molecule has 3 aromatic carbocycles. The summed E-state index contributed by atoms with van der Waals surface area (Å²) in [5.41, 5.74) is 4.68. The second kappa shape index (κ2) is 10.5. The minimum absolute atomic E-state index is 0.0921. The van der Waals surface area contributed by atoms with E-state index in [9.17, 15) is 9.59 Å². The molecule has 0 bridgehead atoms. The van der Waals surface area contributed by atoms with Gasteiger partial charge < -0.3 is 15.1 Å². The molecule has 0 saturated carbocycles. The Morgan fingerprint density at radius 1 is 0.853 bits per heavy atom. The molecule has 170 valence electrons. The van der Waals surface area contributed by atoms with Crippen molar-refractivity contribution < 1.29 is 14.0 Å². The Morgan fingerprint density at radius 3 is 2.21 bits per heavy atom. The first-order chi connectivity index (χ1) is 16.5. The minimum Gasteiger partial charge on any atom is -0.465 e. The number of amides is 2. The summed E-state index contributed by atoms with van der Waals surface area (Å²) in [7, 11) is 0. The molecule has 2 amide bonds. The molecule has 0 aliphatic carbocycles. The van der Waals surface area contributed by atoms with Crippen LogP contribution in [0.3, 0.4) is 0 Å². The van der Waals surface area contributed by atoms with Crippen molar-refractivity contribution >= 4 is 17.9 Å². The van der Waals surface area contributed by atoms with Crippen molar-refractivity contribution in [2.75, 3.05) is 0 Å². The van der Waals surface area contributed by atoms with Crippen LogP contribution in [0.5, 0.6) is 0 Å². The molecule has 0 radical (unpaired) electrons. The molecule has 5 heteroatoms. The maximum atomic E-state index is 13.5. The molecule has 2 N–H and O–H groups in total. The molecule has 4 rings (SSSR count). The first-order valence-corrected chi connectivity index (χ1v) is 11.1. The average molecular weight is 451 g/mol. The largest absolute Gasteiger partial charge is 0.465 e. The summed E-state index contributed by atoms with van der Waals surface area (Å²) in [6, 6.07) is 27.7. The Hall–Kier alpha value is -4.38. The van der Waals surface area contributed by atoms with Crippen molar-refractivity contribution in [3.63, 3.8) is 0 Å². The Kier molecular flexibility index (Phi) is 7.04. The molecule has 0 fully saturated rings. The summed E-state index contributed by atoms with van der Waals surface area (Å²) < 4.78 is 5.40. The highest BCUT2D eigenvalue weighted by molar-refractivity contribution is 6.05. The molecule has 5 nitrogen and oxygen atoms in total. The van der Waals surface area contributed by atoms with Gasteiger partial charge >= 0.3 is 0 Å². The van der Waals surface area contributed by atoms with Gasteiger partial charge in [0, 0.05) is 11.6 Å². The number of hydrogen-bond donors (Lipinski definition) is 2. The van der Waals surface area contributed by atoms with Gasteiger partial charge in [0.1, 0.15) is 11.5 Å². The lowest BCUT2D eigenvalue weighted by Crippen LogP contribution is -2.37. The van der Waals surface area contributed by atoms with Crippen molar-refractivity contribution in [2.24, 2.45) is 0 Å². The van der Waals surface area contributed by atoms with E-state index in [0.717, 1.165) is 22.3 Å². The summed E-state index contributed by atoms with van der Waals surface area (Å²) in [5.74, 6) is -0.341. The molecular formula is C29H26N2O3. The Balaban J connectivity index is 1.68. The highest BCUT2D eigenvalue weighted by Crippen LogP contribution is 2.26. The van der Waals surface area contributed by atoms with E-state index in [4.69, 9.17) is 4.42 Å². The predicted octanol–water partition coefficient (Wildman–Crippen LogP) is 5.57. The van der Waals surface area contributed by atoms with Gasteiger partial charge in [-0.1, -0.05) is 72.3 Å². The Labute approximate surface area is 199 Å². The van der Waals surface area contributed by atoms with E-state index in [1.165, 1.54) is 12.3 Å². The van der Waals surface area contributed by atoms with Crippen LogP contribution in [-0.2, 0) is 4.79 Å². The van der Waals surface area contributed by atoms with Crippen LogP contribution < -0.4 is 10.6 Å². The number of carbonyl (C=O) groups excluding carboxylic acids is 2. The summed E-state index contributed by atoms with van der Waals surface area (Å²) >= 11 is 0. The number of nitrogens with one attached hydrogen (secondary N) is 2. The first kappa shape index (κ1) is 22.8. The number of aryl methyl sites for hydroxylation is 2. The van der Waals surface area contributed by atoms with E-state index in [-0.39, 0.29) is 11.6 Å². The Bertz CT molecular complexity index is 1290. The van der Waals surface area contributed by atoms with E-state index >= 15 is 0 Å². The van der Waals surface area contributed by atoms with Crippen molar-refractivity contribution in [2.45, 2.75) is 19.9 Å². The van der Waals surface area contributed by atoms with Crippen LogP contribution in [0.1, 0.15) is 44.4 Å². The van der Waals surface area contributed by atoms with Crippen molar-refractivity contribution in [3.8, 4) is 0 Å². The first-order valence-electron chi connectivity index (χ1n) is 11.1. The van der Waals surface area contributed by atoms with Gasteiger partial charge in [-0.2, -0.15) is 0 Å². The topological polar surface area (TPSA) is 71.3 Å². The number of benzene rings is 3. The van der Waals surface area contributed by atoms with Crippen LogP contribution in [0.4, 0.5) is 0 Å². The fourth-order valence-corrected chi connectivity index (χ4v) is 3.80. The van der Waals surface area contributed by atoms with E-state index in [2.05, 4.69) is 16.7 Å². The third kappa shape index (κ3) is 5.51. The lowest BCUT2D eigenvalue weighted by Gasteiger charge is -2.23. The molecular weight excluding hydrogens is 424 g/mol. The Morgan fingerprint density at radius 2 is 1.56 bits per heavy atom. The van der Waals surface area contributed by atoms with Gasteiger partial charge in [-0.3, -0.25) is 9.59 Å². The summed E-state index contributed by atoms with van der Waals surface area (Å²) in [5, 5.41) is 5.87. The van der Waals surface area contributed by atoms with Crippen molar-refractivity contribution in [1.82, 2.24) is 10.6 Å². The molecule has 0 aliphatic rings. The number of rotatable bonds is 7. The quantitative estimate of drug-likeness (QED) is 0.362. The smallest absolute Gasteiger partial charge is 0.268 e. The third-order valence-electron chi connectivity index (χ3n) is 5.50. The fourth-order valence-electron chi connectivity index (χ4n) is 3.80. The molecule has 0 saturated heterocycles. The third-order valence-corrected chi connectivity index (χ3v) is 5.50. The standard InChI is InChI=1S/C29H26N2O3/c1-20-15-16-25(21(2)18-20)27(22-10-5-3-6-11-22)31-29(33)26(19-24-14-9-17-34-24)30-28(32)23-12-7-4-8-13-23/h3-19,27H,1-2H3,(H,30,32)(H,31,33)/b26-19-/t27-/m1/s1. The minimum atomic E-state index is -0.422. The molecule has 0 unspecified atom stereocenters. The molecule has 34 heavy (non-hydrogen) atoms. The van der Waals surface area contributed by atoms with Gasteiger partial charge in [-0.25, -0.2) is 0 Å². The normalized spacial score (nSPS) is 12.1. The predicted molar refractivity (Wildman–Crippen MR) is 133 cm³/mol. The van der Waals surface area contributed by atoms with Gasteiger partial charge in [-0.05, 0) is 54.8 Å². The zero-order valence-electron chi connectivity index (χ0n) is 19.1. The van der Waals surface area contributed by atoms with Crippen molar-refractivity contribution in [1.29, 1.82) is 0 Å². The lowest BCUT2D eigenvalue weighted by molar-refractivity contribution is -0.118. The summed E-state index contributed by atoms with van der Waals surface area (Å²) in [6.45, 7) is 4.07. The second-order valence-corrected chi connectivity index (χ2v) is 8.07. The molecule has 0 spiro atoms. The van der Waals surface area contributed by atoms with Crippen LogP contribution >= 0.6 is 0 Å². The van der Waals surface area contributed by atoms with Gasteiger partial charge in [0.15, 0.2) is 0 Å². The van der Waals surface area contributed by atoms with Gasteiger partial charge in [0.25, 0.3) is 11.8 Å². The van der Waals surface area contributed by atoms with E-state index < -0.39 is 11.9 Å². The second-order valence-electron chi connectivity index (χ2n) is 8.07. The number of carbonyl (C=O) groups is 2. The van der Waals surface area contributed by atoms with E-state index in [0.29, 0.717) is 11.3 Å². The summed E-state index contributed by atoms with van der Waals surface area (Å²) in [6.07, 6.45) is 3.04. The zero-order valence-corrected chi connectivity index (χ0v) is 19.1. The SMILES string of the molecule is Cc1ccc([C@H](NC(=O)/C(=C/c2ccco2)NC(=O)c2ccccc2)c2ccccc2)c(C)c1. The van der Waals surface area contributed by atoms with Gasteiger partial charge in [-0.15, -0.1) is 0 Å². The molecule has 0 aliphatic heterocycles. The lowest BCUT2D eigenvalue weighted by atomic mass is 9.93. The van der Waals surface area contributed by atoms with Crippen LogP contribution in [0.15, 0.2) is 107 Å². The maximum Gasteiger partial charge on any atom is 0.268 e. The summed E-state index contributed by atoms with van der Waals surface area (Å²) in [4.78, 5) is 26.4. The van der Waals surface area contributed by atoms with E-state index in [1.54, 1.807) is 36.4 Å². The van der Waals surface area contributed by atoms with Crippen LogP contribution in [0, 0.1) is 13.8 Å². The number of hydrogen-bond acceptors (Lipinski definition) is 3. The molecule has 1 heterocycles. The van der Waals surface area contributed by atoms with Crippen LogP contribution in [0.25, 0.3) is 6.08 Å². The monoisotopic (exact) mass is 450 g/mol.